The summed E-state index contributed by atoms with van der Waals surface area (Å²) in [6, 6.07) is 12.8. The number of fused-ring (bicyclic) bond motifs is 1. The van der Waals surface area contributed by atoms with Crippen LogP contribution in [0.5, 0.6) is 11.5 Å². The van der Waals surface area contributed by atoms with Crippen LogP contribution in [0.4, 0.5) is 0 Å². The zero-order chi connectivity index (χ0) is 19.2. The summed E-state index contributed by atoms with van der Waals surface area (Å²) in [7, 11) is 3.26. The van der Waals surface area contributed by atoms with E-state index in [9.17, 15) is 9.59 Å². The molecule has 0 unspecified atom stereocenters. The first-order valence-corrected chi connectivity index (χ1v) is 9.02. The van der Waals surface area contributed by atoms with Gasteiger partial charge in [0.15, 0.2) is 0 Å². The molecule has 0 aliphatic carbocycles. The van der Waals surface area contributed by atoms with Gasteiger partial charge in [0.1, 0.15) is 11.5 Å². The molecule has 3 rings (SSSR count). The fourth-order valence-electron chi connectivity index (χ4n) is 3.16. The summed E-state index contributed by atoms with van der Waals surface area (Å²) in [6.07, 6.45) is 1.63. The van der Waals surface area contributed by atoms with Crippen molar-refractivity contribution in [3.05, 3.63) is 59.2 Å². The number of amides is 2. The van der Waals surface area contributed by atoms with E-state index in [0.717, 1.165) is 36.4 Å². The fourth-order valence-corrected chi connectivity index (χ4v) is 3.16. The average Bonchev–Trinajstić information content (AvgIpc) is 2.95. The minimum atomic E-state index is -0.188. The number of nitrogens with one attached hydrogen (secondary N) is 1. The fraction of sp³-hybridized carbons (Fsp3) is 0.333. The number of benzene rings is 2. The third-order valence-corrected chi connectivity index (χ3v) is 4.60. The molecule has 0 saturated heterocycles. The number of nitrogens with zero attached hydrogens (tertiary/aromatic N) is 1. The van der Waals surface area contributed by atoms with Crippen molar-refractivity contribution in [3.8, 4) is 11.5 Å². The van der Waals surface area contributed by atoms with Gasteiger partial charge < -0.3 is 14.8 Å². The second kappa shape index (κ2) is 8.68. The van der Waals surface area contributed by atoms with Gasteiger partial charge in [-0.15, -0.1) is 0 Å². The van der Waals surface area contributed by atoms with Crippen LogP contribution in [0.15, 0.2) is 42.5 Å². The monoisotopic (exact) mass is 368 g/mol. The topological polar surface area (TPSA) is 67.9 Å². The number of ether oxygens (including phenoxy) is 2. The molecule has 0 bridgehead atoms. The molecule has 0 fully saturated rings. The standard InChI is InChI=1S/C21H24N2O4/c1-26-16-11-15(12-17(13-16)27-2)14-22-9-5-6-10-23-20(24)18-7-3-4-8-19(18)21(23)25/h3-4,7-8,11-13,22H,5-6,9-10,14H2,1-2H3. The van der Waals surface area contributed by atoms with E-state index in [1.165, 1.54) is 4.90 Å². The number of carbonyl (C=O) groups is 2. The molecule has 0 atom stereocenters. The molecule has 0 aromatic heterocycles. The third-order valence-electron chi connectivity index (χ3n) is 4.60. The Kier molecular flexibility index (Phi) is 6.08. The number of unbranched alkanes of at least 4 members (excludes halogenated alkanes) is 1. The number of imide groups is 1. The molecular weight excluding hydrogens is 344 g/mol. The van der Waals surface area contributed by atoms with Crippen molar-refractivity contribution >= 4 is 11.8 Å². The highest BCUT2D eigenvalue weighted by atomic mass is 16.5. The number of methoxy groups -OCH3 is 2. The van der Waals surface area contributed by atoms with E-state index in [1.54, 1.807) is 38.5 Å². The van der Waals surface area contributed by atoms with Gasteiger partial charge in [-0.05, 0) is 49.2 Å². The normalized spacial score (nSPS) is 13.0. The maximum Gasteiger partial charge on any atom is 0.261 e. The van der Waals surface area contributed by atoms with Crippen LogP contribution in [-0.4, -0.2) is 44.0 Å². The van der Waals surface area contributed by atoms with Gasteiger partial charge in [0.2, 0.25) is 0 Å². The summed E-state index contributed by atoms with van der Waals surface area (Å²) in [5, 5.41) is 3.37. The minimum Gasteiger partial charge on any atom is -0.497 e. The predicted molar refractivity (Wildman–Crippen MR) is 102 cm³/mol. The van der Waals surface area contributed by atoms with Crippen LogP contribution in [0.1, 0.15) is 39.1 Å². The largest absolute Gasteiger partial charge is 0.497 e. The minimum absolute atomic E-state index is 0.188. The average molecular weight is 368 g/mol. The molecule has 2 amide bonds. The molecule has 1 aliphatic heterocycles. The van der Waals surface area contributed by atoms with Gasteiger partial charge in [-0.1, -0.05) is 12.1 Å². The molecule has 142 valence electrons. The van der Waals surface area contributed by atoms with Crippen LogP contribution in [0, 0.1) is 0 Å². The predicted octanol–water partition coefficient (Wildman–Crippen LogP) is 2.87. The zero-order valence-electron chi connectivity index (χ0n) is 15.7. The van der Waals surface area contributed by atoms with Gasteiger partial charge in [-0.2, -0.15) is 0 Å². The first kappa shape index (κ1) is 18.9. The summed E-state index contributed by atoms with van der Waals surface area (Å²) in [4.78, 5) is 25.9. The van der Waals surface area contributed by atoms with Crippen LogP contribution in [0.2, 0.25) is 0 Å². The summed E-state index contributed by atoms with van der Waals surface area (Å²) in [5.74, 6) is 1.15. The Labute approximate surface area is 159 Å². The van der Waals surface area contributed by atoms with Crippen LogP contribution >= 0.6 is 0 Å². The number of hydrogen-bond acceptors (Lipinski definition) is 5. The SMILES string of the molecule is COc1cc(CNCCCCN2C(=O)c3ccccc3C2=O)cc(OC)c1. The molecule has 2 aromatic carbocycles. The molecule has 1 N–H and O–H groups in total. The molecule has 2 aromatic rings. The lowest BCUT2D eigenvalue weighted by atomic mass is 10.1. The Morgan fingerprint density at radius 1 is 0.889 bits per heavy atom. The highest BCUT2D eigenvalue weighted by Gasteiger charge is 2.34. The molecule has 1 heterocycles. The maximum absolute atomic E-state index is 12.3. The van der Waals surface area contributed by atoms with Crippen molar-refractivity contribution in [2.45, 2.75) is 19.4 Å². The summed E-state index contributed by atoms with van der Waals surface area (Å²) in [6.45, 7) is 1.93. The van der Waals surface area contributed by atoms with E-state index in [-0.39, 0.29) is 11.8 Å². The van der Waals surface area contributed by atoms with Crippen LogP contribution in [0.3, 0.4) is 0 Å². The Morgan fingerprint density at radius 3 is 2.04 bits per heavy atom. The maximum atomic E-state index is 12.3. The van der Waals surface area contributed by atoms with Crippen LogP contribution in [-0.2, 0) is 6.54 Å². The Hall–Kier alpha value is -2.86. The number of hydrogen-bond donors (Lipinski definition) is 1. The summed E-state index contributed by atoms with van der Waals surface area (Å²) in [5.41, 5.74) is 2.09. The van der Waals surface area contributed by atoms with E-state index < -0.39 is 0 Å². The highest BCUT2D eigenvalue weighted by molar-refractivity contribution is 6.21. The first-order valence-electron chi connectivity index (χ1n) is 9.02. The second-order valence-electron chi connectivity index (χ2n) is 6.41. The van der Waals surface area contributed by atoms with E-state index in [2.05, 4.69) is 5.32 Å². The zero-order valence-corrected chi connectivity index (χ0v) is 15.7. The van der Waals surface area contributed by atoms with E-state index in [0.29, 0.717) is 24.2 Å². The highest BCUT2D eigenvalue weighted by Crippen LogP contribution is 2.23. The quantitative estimate of drug-likeness (QED) is 0.544. The van der Waals surface area contributed by atoms with Crippen molar-refractivity contribution in [3.63, 3.8) is 0 Å². The van der Waals surface area contributed by atoms with Gasteiger partial charge in [-0.3, -0.25) is 14.5 Å². The van der Waals surface area contributed by atoms with Gasteiger partial charge >= 0.3 is 0 Å². The summed E-state index contributed by atoms with van der Waals surface area (Å²) < 4.78 is 10.5. The van der Waals surface area contributed by atoms with E-state index in [1.807, 2.05) is 18.2 Å². The Balaban J connectivity index is 1.42. The van der Waals surface area contributed by atoms with Crippen molar-refractivity contribution in [2.24, 2.45) is 0 Å². The number of carbonyl (C=O) groups excluding carboxylic acids is 2. The van der Waals surface area contributed by atoms with Crippen molar-refractivity contribution in [1.82, 2.24) is 10.2 Å². The molecule has 1 aliphatic rings. The van der Waals surface area contributed by atoms with Gasteiger partial charge in [0, 0.05) is 19.2 Å². The van der Waals surface area contributed by atoms with Crippen molar-refractivity contribution in [2.75, 3.05) is 27.3 Å². The molecule has 0 radical (unpaired) electrons. The molecule has 0 spiro atoms. The van der Waals surface area contributed by atoms with Crippen molar-refractivity contribution < 1.29 is 19.1 Å². The smallest absolute Gasteiger partial charge is 0.261 e. The van der Waals surface area contributed by atoms with Gasteiger partial charge in [-0.25, -0.2) is 0 Å². The lowest BCUT2D eigenvalue weighted by Gasteiger charge is -2.14. The van der Waals surface area contributed by atoms with E-state index in [4.69, 9.17) is 9.47 Å². The second-order valence-corrected chi connectivity index (χ2v) is 6.41. The van der Waals surface area contributed by atoms with Crippen molar-refractivity contribution in [1.29, 1.82) is 0 Å². The lowest BCUT2D eigenvalue weighted by Crippen LogP contribution is -2.31. The third kappa shape index (κ3) is 4.28. The van der Waals surface area contributed by atoms with Gasteiger partial charge in [0.25, 0.3) is 11.8 Å². The Bertz CT molecular complexity index is 777. The lowest BCUT2D eigenvalue weighted by molar-refractivity contribution is 0.0651. The van der Waals surface area contributed by atoms with E-state index >= 15 is 0 Å². The van der Waals surface area contributed by atoms with Gasteiger partial charge in [0.05, 0.1) is 25.3 Å². The molecular formula is C21H24N2O4. The van der Waals surface area contributed by atoms with Crippen LogP contribution in [0.25, 0.3) is 0 Å². The summed E-state index contributed by atoms with van der Waals surface area (Å²) >= 11 is 0. The molecule has 27 heavy (non-hydrogen) atoms. The molecule has 6 heteroatoms. The first-order chi connectivity index (χ1) is 13.1. The number of rotatable bonds is 9. The molecule has 0 saturated carbocycles. The Morgan fingerprint density at radius 2 is 1.48 bits per heavy atom. The van der Waals surface area contributed by atoms with Crippen LogP contribution < -0.4 is 14.8 Å². The molecule has 6 nitrogen and oxygen atoms in total.